The van der Waals surface area contributed by atoms with Crippen LogP contribution in [0.1, 0.15) is 52.2 Å². The number of carbonyl (C=O) groups excluding carboxylic acids is 5. The monoisotopic (exact) mass is 816 g/mol. The van der Waals surface area contributed by atoms with Gasteiger partial charge in [-0.2, -0.15) is 0 Å². The van der Waals surface area contributed by atoms with E-state index in [0.717, 1.165) is 35.0 Å². The maximum atomic E-state index is 14.6. The van der Waals surface area contributed by atoms with Crippen LogP contribution in [0, 0.1) is 5.92 Å². The zero-order valence-corrected chi connectivity index (χ0v) is 35.4. The predicted octanol–water partition coefficient (Wildman–Crippen LogP) is 2.98. The summed E-state index contributed by atoms with van der Waals surface area (Å²) in [5.74, 6) is -2.06. The standard InChI is InChI=1S/C44H60N6O7S/c1-29(2)38(41(54)46-34(25-30-13-8-7-9-14-30)39(52)43(56)50-28-58-27-36(50)40(53)47-44(3,4)5)48(6)42(55)35(45-37(51)19-20-49-21-23-57-24-22-49)26-32-17-12-16-31-15-10-11-18-33(31)32/h7-18,29,34-36,38-39,52H,19-28H2,1-6H3,(H,45,51)(H,46,54)(H,47,53)/t34-,35-,36-,38-,39-/m0/s1. The molecule has 14 heteroatoms. The molecule has 0 unspecified atom stereocenters. The Kier molecular flexibility index (Phi) is 15.7. The number of amides is 5. The average molecular weight is 817 g/mol. The molecule has 0 aromatic heterocycles. The lowest BCUT2D eigenvalue weighted by Crippen LogP contribution is -2.61. The van der Waals surface area contributed by atoms with Gasteiger partial charge < -0.3 is 35.6 Å². The third-order valence-corrected chi connectivity index (χ3v) is 11.6. The number of rotatable bonds is 16. The number of hydrogen-bond donors (Lipinski definition) is 4. The first kappa shape index (κ1) is 44.6. The highest BCUT2D eigenvalue weighted by atomic mass is 32.2. The van der Waals surface area contributed by atoms with Crippen LogP contribution >= 0.6 is 11.8 Å². The lowest BCUT2D eigenvalue weighted by Gasteiger charge is -2.35. The van der Waals surface area contributed by atoms with Gasteiger partial charge in [-0.1, -0.05) is 86.6 Å². The molecule has 0 bridgehead atoms. The minimum Gasteiger partial charge on any atom is -0.381 e. The normalized spacial score (nSPS) is 18.3. The zero-order valence-electron chi connectivity index (χ0n) is 34.6. The molecule has 2 aliphatic heterocycles. The molecule has 0 aliphatic carbocycles. The van der Waals surface area contributed by atoms with Crippen LogP contribution in [0.15, 0.2) is 72.8 Å². The number of nitrogens with one attached hydrogen (secondary N) is 3. The molecule has 3 aromatic carbocycles. The van der Waals surface area contributed by atoms with Crippen molar-refractivity contribution in [3.8, 4) is 0 Å². The summed E-state index contributed by atoms with van der Waals surface area (Å²) in [7, 11) is 1.55. The summed E-state index contributed by atoms with van der Waals surface area (Å²) >= 11 is 1.42. The first-order chi connectivity index (χ1) is 27.6. The van der Waals surface area contributed by atoms with Crippen LogP contribution in [0.4, 0.5) is 0 Å². The minimum atomic E-state index is -1.69. The van der Waals surface area contributed by atoms with E-state index in [2.05, 4.69) is 20.9 Å². The van der Waals surface area contributed by atoms with E-state index in [-0.39, 0.29) is 37.0 Å². The van der Waals surface area contributed by atoms with Gasteiger partial charge in [0.1, 0.15) is 18.1 Å². The second-order valence-electron chi connectivity index (χ2n) is 16.6. The fourth-order valence-electron chi connectivity index (χ4n) is 7.60. The number of benzene rings is 3. The molecule has 58 heavy (non-hydrogen) atoms. The number of ether oxygens (including phenoxy) is 1. The highest BCUT2D eigenvalue weighted by Crippen LogP contribution is 2.25. The first-order valence-electron chi connectivity index (χ1n) is 20.2. The summed E-state index contributed by atoms with van der Waals surface area (Å²) in [6.45, 7) is 12.4. The third-order valence-electron chi connectivity index (χ3n) is 10.6. The van der Waals surface area contributed by atoms with Crippen LogP contribution in [0.2, 0.25) is 0 Å². The van der Waals surface area contributed by atoms with Gasteiger partial charge in [-0.3, -0.25) is 28.9 Å². The Morgan fingerprint density at radius 3 is 2.28 bits per heavy atom. The first-order valence-corrected chi connectivity index (χ1v) is 21.3. The Balaban J connectivity index is 1.38. The van der Waals surface area contributed by atoms with E-state index in [1.165, 1.54) is 21.6 Å². The van der Waals surface area contributed by atoms with Gasteiger partial charge >= 0.3 is 0 Å². The van der Waals surface area contributed by atoms with Crippen LogP contribution < -0.4 is 16.0 Å². The molecule has 0 radical (unpaired) electrons. The Morgan fingerprint density at radius 2 is 1.59 bits per heavy atom. The van der Waals surface area contributed by atoms with Gasteiger partial charge in [-0.25, -0.2) is 0 Å². The van der Waals surface area contributed by atoms with Crippen molar-refractivity contribution in [3.05, 3.63) is 83.9 Å². The summed E-state index contributed by atoms with van der Waals surface area (Å²) in [5, 5.41) is 22.6. The molecule has 314 valence electrons. The minimum absolute atomic E-state index is 0.116. The summed E-state index contributed by atoms with van der Waals surface area (Å²) in [6, 6.07) is 19.0. The molecule has 0 spiro atoms. The lowest BCUT2D eigenvalue weighted by molar-refractivity contribution is -0.148. The second kappa shape index (κ2) is 20.5. The topological polar surface area (TPSA) is 161 Å². The zero-order chi connectivity index (χ0) is 42.0. The smallest absolute Gasteiger partial charge is 0.254 e. The molecule has 5 rings (SSSR count). The number of aliphatic hydroxyl groups is 1. The van der Waals surface area contributed by atoms with Crippen LogP contribution in [0.25, 0.3) is 10.8 Å². The van der Waals surface area contributed by atoms with Crippen molar-refractivity contribution < 1.29 is 33.8 Å². The second-order valence-corrected chi connectivity index (χ2v) is 17.6. The van der Waals surface area contributed by atoms with Crippen molar-refractivity contribution >= 4 is 52.1 Å². The van der Waals surface area contributed by atoms with Crippen molar-refractivity contribution in [2.24, 2.45) is 5.92 Å². The SMILES string of the molecule is CC(C)[C@@H](C(=O)N[C@@H](Cc1ccccc1)[C@H](O)C(=O)N1CSC[C@H]1C(=O)NC(C)(C)C)N(C)C(=O)[C@H](Cc1cccc2ccccc12)NC(=O)CCN1CCOCC1. The van der Waals surface area contributed by atoms with Gasteiger partial charge in [0.05, 0.1) is 25.1 Å². The predicted molar refractivity (Wildman–Crippen MR) is 227 cm³/mol. The van der Waals surface area contributed by atoms with Gasteiger partial charge in [-0.15, -0.1) is 11.8 Å². The maximum absolute atomic E-state index is 14.6. The van der Waals surface area contributed by atoms with Crippen molar-refractivity contribution in [1.29, 1.82) is 0 Å². The van der Waals surface area contributed by atoms with Gasteiger partial charge in [0.25, 0.3) is 5.91 Å². The van der Waals surface area contributed by atoms with Gasteiger partial charge in [-0.05, 0) is 55.0 Å². The van der Waals surface area contributed by atoms with Crippen LogP contribution in [-0.4, -0.2) is 137 Å². The van der Waals surface area contributed by atoms with Crippen LogP contribution in [-0.2, 0) is 41.6 Å². The van der Waals surface area contributed by atoms with E-state index in [0.29, 0.717) is 25.5 Å². The van der Waals surface area contributed by atoms with E-state index in [4.69, 9.17) is 4.74 Å². The van der Waals surface area contributed by atoms with Gasteiger partial charge in [0.15, 0.2) is 6.10 Å². The fourth-order valence-corrected chi connectivity index (χ4v) is 8.76. The van der Waals surface area contributed by atoms with Crippen molar-refractivity contribution in [2.75, 3.05) is 51.5 Å². The Hall–Kier alpha value is -4.50. The highest BCUT2D eigenvalue weighted by molar-refractivity contribution is 7.99. The third kappa shape index (κ3) is 12.0. The lowest BCUT2D eigenvalue weighted by atomic mass is 9.95. The van der Waals surface area contributed by atoms with Crippen molar-refractivity contribution in [1.82, 2.24) is 30.7 Å². The summed E-state index contributed by atoms with van der Waals surface area (Å²) < 4.78 is 5.45. The molecule has 2 saturated heterocycles. The van der Waals surface area contributed by atoms with E-state index in [1.54, 1.807) is 7.05 Å². The molecule has 2 fully saturated rings. The van der Waals surface area contributed by atoms with Crippen LogP contribution in [0.5, 0.6) is 0 Å². The molecule has 5 amide bonds. The molecule has 2 heterocycles. The van der Waals surface area contributed by atoms with E-state index in [1.807, 2.05) is 107 Å². The van der Waals surface area contributed by atoms with Crippen LogP contribution in [0.3, 0.4) is 0 Å². The number of aliphatic hydroxyl groups excluding tert-OH is 1. The molecule has 3 aromatic rings. The van der Waals surface area contributed by atoms with E-state index < -0.39 is 59.4 Å². The van der Waals surface area contributed by atoms with E-state index >= 15 is 0 Å². The quantitative estimate of drug-likeness (QED) is 0.171. The Labute approximate surface area is 346 Å². The van der Waals surface area contributed by atoms with Crippen molar-refractivity contribution in [3.63, 3.8) is 0 Å². The number of nitrogens with zero attached hydrogens (tertiary/aromatic N) is 3. The Morgan fingerprint density at radius 1 is 0.914 bits per heavy atom. The van der Waals surface area contributed by atoms with Crippen molar-refractivity contribution in [2.45, 2.75) is 89.7 Å². The molecule has 2 aliphatic rings. The van der Waals surface area contributed by atoms with Gasteiger partial charge in [0, 0.05) is 50.8 Å². The molecule has 5 atom stereocenters. The number of carbonyl (C=O) groups is 5. The number of likely N-dealkylation sites (N-methyl/N-ethyl adjacent to an activating group) is 1. The summed E-state index contributed by atoms with van der Waals surface area (Å²) in [4.78, 5) is 74.7. The summed E-state index contributed by atoms with van der Waals surface area (Å²) in [6.07, 6.45) is -1.18. The average Bonchev–Trinajstić information content (AvgIpc) is 3.69. The van der Waals surface area contributed by atoms with E-state index in [9.17, 15) is 29.1 Å². The fraction of sp³-hybridized carbons (Fsp3) is 0.523. The maximum Gasteiger partial charge on any atom is 0.254 e. The molecule has 0 saturated carbocycles. The molecular formula is C44H60N6O7S. The number of fused-ring (bicyclic) bond motifs is 1. The Bertz CT molecular complexity index is 1880. The molecule has 13 nitrogen and oxygen atoms in total. The summed E-state index contributed by atoms with van der Waals surface area (Å²) in [5.41, 5.74) is 1.14. The number of thioether (sulfide) groups is 1. The van der Waals surface area contributed by atoms with Gasteiger partial charge in [0.2, 0.25) is 23.6 Å². The molecular weight excluding hydrogens is 757 g/mol. The molecule has 4 N–H and O–H groups in total. The highest BCUT2D eigenvalue weighted by Gasteiger charge is 2.42. The number of hydrogen-bond acceptors (Lipinski definition) is 9. The number of morpholine rings is 1. The largest absolute Gasteiger partial charge is 0.381 e.